The van der Waals surface area contributed by atoms with Gasteiger partial charge in [-0.2, -0.15) is 0 Å². The summed E-state index contributed by atoms with van der Waals surface area (Å²) in [5.41, 5.74) is 3.81. The third-order valence-corrected chi connectivity index (χ3v) is 1.42. The van der Waals surface area contributed by atoms with Crippen molar-refractivity contribution in [3.63, 3.8) is 0 Å². The van der Waals surface area contributed by atoms with Crippen LogP contribution in [-0.4, -0.2) is 6.29 Å². The summed E-state index contributed by atoms with van der Waals surface area (Å²) in [4.78, 5) is 19.4. The van der Waals surface area contributed by atoms with E-state index in [0.717, 1.165) is 12.0 Å². The lowest BCUT2D eigenvalue weighted by atomic mass is 10.2. The minimum Gasteiger partial charge on any atom is -0.312 e. The standard InChI is InChI=1S/C7H5NO3.C2H6/c9-4-5-1-2-6-7(3-5)10-11-8-6;1-2/h1-4,8H;1-2H3. The molecule has 0 fully saturated rings. The highest BCUT2D eigenvalue weighted by molar-refractivity contribution is 5.78. The van der Waals surface area contributed by atoms with Gasteiger partial charge in [-0.1, -0.05) is 18.8 Å². The molecule has 0 aliphatic carbocycles. The predicted octanol–water partition coefficient (Wildman–Crippen LogP) is 2.18. The van der Waals surface area contributed by atoms with Gasteiger partial charge >= 0.3 is 0 Å². The van der Waals surface area contributed by atoms with E-state index in [1.165, 1.54) is 0 Å². The summed E-state index contributed by atoms with van der Waals surface area (Å²) >= 11 is 0. The van der Waals surface area contributed by atoms with Crippen LogP contribution >= 0.6 is 0 Å². The second kappa shape index (κ2) is 4.47. The van der Waals surface area contributed by atoms with Crippen LogP contribution in [0.15, 0.2) is 18.2 Å². The van der Waals surface area contributed by atoms with Crippen molar-refractivity contribution in [2.75, 3.05) is 5.48 Å². The highest BCUT2D eigenvalue weighted by atomic mass is 17.3. The van der Waals surface area contributed by atoms with Crippen LogP contribution in [-0.2, 0) is 4.99 Å². The fourth-order valence-corrected chi connectivity index (χ4v) is 0.876. The molecule has 0 atom stereocenters. The van der Waals surface area contributed by atoms with Crippen LogP contribution < -0.4 is 10.4 Å². The van der Waals surface area contributed by atoms with Crippen molar-refractivity contribution in [1.82, 2.24) is 0 Å². The third-order valence-electron chi connectivity index (χ3n) is 1.42. The van der Waals surface area contributed by atoms with Gasteiger partial charge in [-0.3, -0.25) is 4.79 Å². The zero-order valence-electron chi connectivity index (χ0n) is 7.53. The van der Waals surface area contributed by atoms with Gasteiger partial charge in [-0.05, 0) is 18.2 Å². The Balaban J connectivity index is 0.000000396. The van der Waals surface area contributed by atoms with E-state index in [1.54, 1.807) is 18.2 Å². The summed E-state index contributed by atoms with van der Waals surface area (Å²) in [6.45, 7) is 4.00. The summed E-state index contributed by atoms with van der Waals surface area (Å²) in [7, 11) is 0. The van der Waals surface area contributed by atoms with Crippen molar-refractivity contribution >= 4 is 12.0 Å². The average Bonchev–Trinajstić information content (AvgIpc) is 2.67. The monoisotopic (exact) mass is 181 g/mol. The van der Waals surface area contributed by atoms with Gasteiger partial charge in [-0.15, -0.1) is 0 Å². The third kappa shape index (κ3) is 1.97. The molecule has 0 saturated heterocycles. The molecule has 1 aliphatic rings. The van der Waals surface area contributed by atoms with Crippen LogP contribution in [0, 0.1) is 0 Å². The number of carbonyl (C=O) groups is 1. The molecule has 1 aliphatic heterocycles. The van der Waals surface area contributed by atoms with Gasteiger partial charge in [0.25, 0.3) is 0 Å². The van der Waals surface area contributed by atoms with Gasteiger partial charge in [0.05, 0.1) is 0 Å². The molecule has 0 aromatic heterocycles. The quantitative estimate of drug-likeness (QED) is 0.532. The Morgan fingerprint density at radius 1 is 1.38 bits per heavy atom. The number of hydrogen-bond acceptors (Lipinski definition) is 4. The SMILES string of the molecule is CC.O=Cc1ccc2c(c1)OON2. The lowest BCUT2D eigenvalue weighted by Crippen LogP contribution is -1.91. The molecule has 0 radical (unpaired) electrons. The summed E-state index contributed by atoms with van der Waals surface area (Å²) in [6.07, 6.45) is 0.752. The molecule has 0 spiro atoms. The normalized spacial score (nSPS) is 11.5. The molecule has 0 saturated carbocycles. The molecular weight excluding hydrogens is 170 g/mol. The number of carbonyl (C=O) groups excluding carboxylic acids is 1. The number of nitrogens with one attached hydrogen (secondary N) is 1. The molecule has 70 valence electrons. The van der Waals surface area contributed by atoms with E-state index in [9.17, 15) is 4.79 Å². The maximum Gasteiger partial charge on any atom is 0.194 e. The molecule has 1 aromatic rings. The van der Waals surface area contributed by atoms with Crippen molar-refractivity contribution in [2.24, 2.45) is 0 Å². The summed E-state index contributed by atoms with van der Waals surface area (Å²) in [6, 6.07) is 4.99. The topological polar surface area (TPSA) is 47.6 Å². The predicted molar refractivity (Wildman–Crippen MR) is 48.5 cm³/mol. The Hall–Kier alpha value is -1.55. The molecule has 1 N–H and O–H groups in total. The molecule has 1 aromatic carbocycles. The van der Waals surface area contributed by atoms with E-state index in [-0.39, 0.29) is 0 Å². The first-order valence-corrected chi connectivity index (χ1v) is 4.09. The smallest absolute Gasteiger partial charge is 0.194 e. The Labute approximate surface area is 76.3 Å². The largest absolute Gasteiger partial charge is 0.312 e. The van der Waals surface area contributed by atoms with E-state index in [1.807, 2.05) is 13.8 Å². The van der Waals surface area contributed by atoms with Crippen LogP contribution in [0.3, 0.4) is 0 Å². The first kappa shape index (κ1) is 9.54. The second-order valence-electron chi connectivity index (χ2n) is 2.14. The van der Waals surface area contributed by atoms with Crippen molar-refractivity contribution in [2.45, 2.75) is 13.8 Å². The average molecular weight is 181 g/mol. The van der Waals surface area contributed by atoms with E-state index < -0.39 is 0 Å². The molecule has 0 unspecified atom stereocenters. The zero-order chi connectivity index (χ0) is 9.68. The van der Waals surface area contributed by atoms with E-state index >= 15 is 0 Å². The Bertz CT molecular complexity index is 299. The summed E-state index contributed by atoms with van der Waals surface area (Å²) < 4.78 is 0. The van der Waals surface area contributed by atoms with Crippen molar-refractivity contribution in [3.8, 4) is 5.75 Å². The van der Waals surface area contributed by atoms with Crippen molar-refractivity contribution in [1.29, 1.82) is 0 Å². The Kier molecular flexibility index (Phi) is 3.28. The number of fused-ring (bicyclic) bond motifs is 1. The minimum absolute atomic E-state index is 0.537. The Morgan fingerprint density at radius 3 is 2.85 bits per heavy atom. The van der Waals surface area contributed by atoms with Crippen LogP contribution in [0.1, 0.15) is 24.2 Å². The molecule has 2 rings (SSSR count). The van der Waals surface area contributed by atoms with Gasteiger partial charge < -0.3 is 4.89 Å². The minimum atomic E-state index is 0.537. The van der Waals surface area contributed by atoms with Crippen molar-refractivity contribution in [3.05, 3.63) is 23.8 Å². The van der Waals surface area contributed by atoms with Gasteiger partial charge in [0.15, 0.2) is 5.75 Å². The molecule has 13 heavy (non-hydrogen) atoms. The second-order valence-corrected chi connectivity index (χ2v) is 2.14. The Morgan fingerprint density at radius 2 is 2.15 bits per heavy atom. The molecule has 4 heteroatoms. The van der Waals surface area contributed by atoms with E-state index in [0.29, 0.717) is 11.3 Å². The zero-order valence-corrected chi connectivity index (χ0v) is 7.53. The first-order valence-electron chi connectivity index (χ1n) is 4.09. The fraction of sp³-hybridized carbons (Fsp3) is 0.222. The number of anilines is 1. The number of aldehydes is 1. The van der Waals surface area contributed by atoms with E-state index in [2.05, 4.69) is 15.4 Å². The van der Waals surface area contributed by atoms with Gasteiger partial charge in [-0.25, -0.2) is 5.48 Å². The van der Waals surface area contributed by atoms with Crippen LogP contribution in [0.25, 0.3) is 0 Å². The maximum atomic E-state index is 10.3. The van der Waals surface area contributed by atoms with Crippen LogP contribution in [0.4, 0.5) is 5.69 Å². The van der Waals surface area contributed by atoms with Crippen LogP contribution in [0.5, 0.6) is 5.75 Å². The maximum absolute atomic E-state index is 10.3. The first-order chi connectivity index (χ1) is 6.40. The fourth-order valence-electron chi connectivity index (χ4n) is 0.876. The molecule has 4 nitrogen and oxygen atoms in total. The van der Waals surface area contributed by atoms with Crippen LogP contribution in [0.2, 0.25) is 0 Å². The lowest BCUT2D eigenvalue weighted by Gasteiger charge is -1.92. The lowest BCUT2D eigenvalue weighted by molar-refractivity contribution is -0.160. The number of rotatable bonds is 1. The molecule has 0 bridgehead atoms. The van der Waals surface area contributed by atoms with E-state index in [4.69, 9.17) is 0 Å². The number of hydrogen-bond donors (Lipinski definition) is 1. The highest BCUT2D eigenvalue weighted by Gasteiger charge is 2.12. The summed E-state index contributed by atoms with van der Waals surface area (Å²) in [5, 5.41) is 0. The van der Waals surface area contributed by atoms with Gasteiger partial charge in [0.2, 0.25) is 0 Å². The van der Waals surface area contributed by atoms with Gasteiger partial charge in [0.1, 0.15) is 12.0 Å². The molecule has 1 heterocycles. The summed E-state index contributed by atoms with van der Waals surface area (Å²) in [5.74, 6) is 0.537. The van der Waals surface area contributed by atoms with Crippen molar-refractivity contribution < 1.29 is 14.7 Å². The molecule has 0 amide bonds. The number of benzene rings is 1. The molecular formula is C9H11NO3. The van der Waals surface area contributed by atoms with Gasteiger partial charge in [0, 0.05) is 5.56 Å². The highest BCUT2D eigenvalue weighted by Crippen LogP contribution is 2.29.